The second-order valence-corrected chi connectivity index (χ2v) is 17.9. The summed E-state index contributed by atoms with van der Waals surface area (Å²) in [6, 6.07) is 44.7. The Kier molecular flexibility index (Phi) is 12.2. The molecule has 1 spiro atoms. The van der Waals surface area contributed by atoms with Crippen molar-refractivity contribution in [2.45, 2.75) is 135 Å². The summed E-state index contributed by atoms with van der Waals surface area (Å²) in [4.78, 5) is 18.6. The highest BCUT2D eigenvalue weighted by molar-refractivity contribution is 6.02. The topological polar surface area (TPSA) is 49.4 Å². The van der Waals surface area contributed by atoms with Crippen LogP contribution in [0.2, 0.25) is 0 Å². The lowest BCUT2D eigenvalue weighted by atomic mass is 9.68. The van der Waals surface area contributed by atoms with Gasteiger partial charge < -0.3 is 0 Å². The molecule has 4 nitrogen and oxygen atoms in total. The number of hydrogen-bond acceptors (Lipinski definition) is 4. The first-order valence-corrected chi connectivity index (χ1v) is 22.0. The number of rotatable bonds is 4. The molecule has 1 atom stereocenters. The van der Waals surface area contributed by atoms with E-state index in [0.29, 0.717) is 5.41 Å². The fraction of sp³-hybridized carbons (Fsp3) is 0.382. The van der Waals surface area contributed by atoms with Crippen LogP contribution in [0.4, 0.5) is 22.7 Å². The molecule has 0 amide bonds. The molecule has 0 bridgehead atoms. The van der Waals surface area contributed by atoms with Crippen LogP contribution in [0.25, 0.3) is 0 Å². The summed E-state index contributed by atoms with van der Waals surface area (Å²) < 4.78 is 0. The molecular weight excluding hydrogens is 717 g/mol. The Labute approximate surface area is 354 Å². The minimum atomic E-state index is 0.0396. The predicted molar refractivity (Wildman–Crippen MR) is 254 cm³/mol. The van der Waals surface area contributed by atoms with E-state index in [1.807, 2.05) is 6.07 Å². The fourth-order valence-corrected chi connectivity index (χ4v) is 10.2. The SMILES string of the molecule is CC1=Nc2ccccc2C1(C)C.CC1=Nc2ccccc2C1(C)Cc1ccccc1.CC1=Nc2ccccc2C12CCCCC2.CCC1(CC)C(C)=Nc2ccccc21. The first-order chi connectivity index (χ1) is 28.4. The summed E-state index contributed by atoms with van der Waals surface area (Å²) >= 11 is 0. The molecular formula is C55H64N4. The molecule has 0 aromatic heterocycles. The van der Waals surface area contributed by atoms with E-state index in [9.17, 15) is 0 Å². The van der Waals surface area contributed by atoms with E-state index in [1.165, 1.54) is 94.1 Å². The third-order valence-corrected chi connectivity index (χ3v) is 14.5. The number of benzene rings is 5. The minimum Gasteiger partial charge on any atom is -0.257 e. The summed E-state index contributed by atoms with van der Waals surface area (Å²) in [5, 5.41) is 0. The standard InChI is InChI=1S/C17H17N.C14H17N.C13H17N.C11H13N/c1-13-17(2,12-14-8-4-3-5-9-14)15-10-6-7-11-16(15)18-13;1-11-14(9-5-2-6-10-14)12-7-3-4-8-13(12)15-11;1-4-13(5-2)10(3)14-12-9-7-6-8-11(12)13;1-8-11(2,3)9-6-4-5-7-10(9)12-8/h3-11H,12H2,1-2H3;3-4,7-8H,2,5-6,9-10H2,1H3;6-9H,4-5H2,1-3H3;4-7H,1-3H3. The maximum atomic E-state index is 4.75. The van der Waals surface area contributed by atoms with E-state index >= 15 is 0 Å². The van der Waals surface area contributed by atoms with Crippen molar-refractivity contribution >= 4 is 45.6 Å². The smallest absolute Gasteiger partial charge is 0.0670 e. The summed E-state index contributed by atoms with van der Waals surface area (Å²) in [5.41, 5.74) is 17.4. The normalized spacial score (nSPS) is 20.4. The van der Waals surface area contributed by atoms with Crippen molar-refractivity contribution in [2.75, 3.05) is 0 Å². The summed E-state index contributed by atoms with van der Waals surface area (Å²) in [7, 11) is 0. The average Bonchev–Trinajstić information content (AvgIpc) is 3.88. The summed E-state index contributed by atoms with van der Waals surface area (Å²) in [6.07, 6.45) is 10.0. The molecule has 5 aromatic rings. The van der Waals surface area contributed by atoms with Gasteiger partial charge in [0, 0.05) is 44.5 Å². The predicted octanol–water partition coefficient (Wildman–Crippen LogP) is 15.2. The van der Waals surface area contributed by atoms with Crippen molar-refractivity contribution in [1.29, 1.82) is 0 Å². The second-order valence-electron chi connectivity index (χ2n) is 17.9. The molecule has 1 fully saturated rings. The van der Waals surface area contributed by atoms with E-state index in [2.05, 4.69) is 194 Å². The van der Waals surface area contributed by atoms with E-state index < -0.39 is 0 Å². The molecule has 4 aliphatic heterocycles. The van der Waals surface area contributed by atoms with Gasteiger partial charge >= 0.3 is 0 Å². The van der Waals surface area contributed by atoms with E-state index in [-0.39, 0.29) is 16.2 Å². The van der Waals surface area contributed by atoms with Crippen molar-refractivity contribution < 1.29 is 0 Å². The van der Waals surface area contributed by atoms with Gasteiger partial charge in [0.15, 0.2) is 0 Å². The third kappa shape index (κ3) is 7.84. The Morgan fingerprint density at radius 3 is 1.42 bits per heavy atom. The lowest BCUT2D eigenvalue weighted by Gasteiger charge is -2.34. The van der Waals surface area contributed by atoms with Gasteiger partial charge in [-0.2, -0.15) is 0 Å². The minimum absolute atomic E-state index is 0.0396. The van der Waals surface area contributed by atoms with E-state index in [4.69, 9.17) is 9.98 Å². The third-order valence-electron chi connectivity index (χ3n) is 14.5. The van der Waals surface area contributed by atoms with Gasteiger partial charge in [-0.15, -0.1) is 0 Å². The van der Waals surface area contributed by atoms with Gasteiger partial charge in [0.2, 0.25) is 0 Å². The van der Waals surface area contributed by atoms with Gasteiger partial charge in [-0.25, -0.2) is 0 Å². The van der Waals surface area contributed by atoms with Gasteiger partial charge in [-0.3, -0.25) is 20.0 Å². The van der Waals surface area contributed by atoms with Crippen LogP contribution in [0.5, 0.6) is 0 Å². The van der Waals surface area contributed by atoms with E-state index in [1.54, 1.807) is 0 Å². The molecule has 0 saturated heterocycles. The van der Waals surface area contributed by atoms with Crippen LogP contribution in [0.3, 0.4) is 0 Å². The molecule has 0 radical (unpaired) electrons. The van der Waals surface area contributed by atoms with Gasteiger partial charge in [0.1, 0.15) is 0 Å². The quantitative estimate of drug-likeness (QED) is 0.174. The molecule has 4 heterocycles. The maximum Gasteiger partial charge on any atom is 0.0670 e. The van der Waals surface area contributed by atoms with Crippen molar-refractivity contribution in [2.24, 2.45) is 20.0 Å². The van der Waals surface area contributed by atoms with Gasteiger partial charge in [-0.05, 0) is 119 Å². The Balaban J connectivity index is 0.000000121. The molecule has 5 aliphatic rings. The lowest BCUT2D eigenvalue weighted by Crippen LogP contribution is -2.33. The van der Waals surface area contributed by atoms with Crippen molar-refractivity contribution in [1.82, 2.24) is 0 Å². The van der Waals surface area contributed by atoms with Crippen LogP contribution in [0.15, 0.2) is 147 Å². The number of hydrogen-bond donors (Lipinski definition) is 0. The summed E-state index contributed by atoms with van der Waals surface area (Å²) in [6.45, 7) is 19.9. The molecule has 5 aromatic carbocycles. The van der Waals surface area contributed by atoms with Crippen LogP contribution >= 0.6 is 0 Å². The van der Waals surface area contributed by atoms with Gasteiger partial charge in [-0.1, -0.05) is 150 Å². The number of fused-ring (bicyclic) bond motifs is 5. The zero-order valence-electron chi connectivity index (χ0n) is 37.1. The fourth-order valence-electron chi connectivity index (χ4n) is 10.2. The monoisotopic (exact) mass is 781 g/mol. The largest absolute Gasteiger partial charge is 0.257 e. The Morgan fingerprint density at radius 2 is 0.847 bits per heavy atom. The van der Waals surface area contributed by atoms with Crippen LogP contribution in [-0.4, -0.2) is 22.8 Å². The molecule has 4 heteroatoms. The maximum absolute atomic E-state index is 4.75. The van der Waals surface area contributed by atoms with Crippen molar-refractivity contribution in [3.8, 4) is 0 Å². The van der Waals surface area contributed by atoms with E-state index in [0.717, 1.165) is 30.6 Å². The van der Waals surface area contributed by atoms with Crippen LogP contribution in [0, 0.1) is 0 Å². The summed E-state index contributed by atoms with van der Waals surface area (Å²) in [5.74, 6) is 0. The molecule has 1 unspecified atom stereocenters. The molecule has 0 N–H and O–H groups in total. The van der Waals surface area contributed by atoms with Gasteiger partial charge in [0.25, 0.3) is 0 Å². The van der Waals surface area contributed by atoms with Crippen molar-refractivity contribution in [3.05, 3.63) is 155 Å². The zero-order valence-corrected chi connectivity index (χ0v) is 37.1. The molecule has 59 heavy (non-hydrogen) atoms. The first kappa shape index (κ1) is 41.9. The number of aliphatic imine (C=N–C) groups is 4. The highest BCUT2D eigenvalue weighted by Crippen LogP contribution is 2.49. The molecule has 10 rings (SSSR count). The Morgan fingerprint density at radius 1 is 0.424 bits per heavy atom. The van der Waals surface area contributed by atoms with Crippen molar-refractivity contribution in [3.63, 3.8) is 0 Å². The second kappa shape index (κ2) is 17.2. The highest BCUT2D eigenvalue weighted by Gasteiger charge is 2.42. The lowest BCUT2D eigenvalue weighted by molar-refractivity contribution is 0.384. The molecule has 1 saturated carbocycles. The van der Waals surface area contributed by atoms with Crippen LogP contribution < -0.4 is 0 Å². The number of nitrogens with zero attached hydrogens (tertiary/aromatic N) is 4. The highest BCUT2D eigenvalue weighted by atomic mass is 14.8. The van der Waals surface area contributed by atoms with Crippen LogP contribution in [0.1, 0.15) is 135 Å². The Hall–Kier alpha value is -5.22. The Bertz CT molecular complexity index is 2400. The zero-order chi connectivity index (χ0) is 41.8. The first-order valence-electron chi connectivity index (χ1n) is 22.0. The van der Waals surface area contributed by atoms with Gasteiger partial charge in [0.05, 0.1) is 22.7 Å². The average molecular weight is 781 g/mol. The number of para-hydroxylation sites is 4. The molecule has 304 valence electrons. The van der Waals surface area contributed by atoms with Crippen LogP contribution in [-0.2, 0) is 28.1 Å². The molecule has 1 aliphatic carbocycles.